The van der Waals surface area contributed by atoms with E-state index in [1.54, 1.807) is 7.05 Å². The number of amides is 3. The molecule has 3 amide bonds. The summed E-state index contributed by atoms with van der Waals surface area (Å²) in [7, 11) is 3.06. The molecule has 1 fully saturated rings. The number of likely N-dealkylation sites (N-methyl/N-ethyl adjacent to an activating group) is 1. The first kappa shape index (κ1) is 7.96. The second-order valence-electron chi connectivity index (χ2n) is 2.33. The van der Waals surface area contributed by atoms with Gasteiger partial charge in [0.25, 0.3) is 5.91 Å². The molecule has 0 spiro atoms. The Kier molecular flexibility index (Phi) is 1.79. The summed E-state index contributed by atoms with van der Waals surface area (Å²) in [6.07, 6.45) is 0. The summed E-state index contributed by atoms with van der Waals surface area (Å²) in [5, 5.41) is 11.5. The highest BCUT2D eigenvalue weighted by atomic mass is 16.5. The predicted octanol–water partition coefficient (Wildman–Crippen LogP) is -0.884. The van der Waals surface area contributed by atoms with Crippen LogP contribution in [0, 0.1) is 0 Å². The molecule has 1 heterocycles. The van der Waals surface area contributed by atoms with Gasteiger partial charge in [0.05, 0.1) is 6.54 Å². The molecule has 0 aromatic heterocycles. The highest BCUT2D eigenvalue weighted by molar-refractivity contribution is 5.95. The van der Waals surface area contributed by atoms with Crippen LogP contribution < -0.4 is 0 Å². The number of imide groups is 1. The zero-order valence-corrected chi connectivity index (χ0v) is 6.31. The second kappa shape index (κ2) is 2.48. The Bertz CT molecular complexity index is 205. The third-order valence-electron chi connectivity index (χ3n) is 1.57. The summed E-state index contributed by atoms with van der Waals surface area (Å²) in [5.74, 6) is -0.615. The molecule has 0 radical (unpaired) electrons. The zero-order valence-electron chi connectivity index (χ0n) is 6.31. The van der Waals surface area contributed by atoms with Crippen molar-refractivity contribution in [3.05, 3.63) is 0 Å². The third-order valence-corrected chi connectivity index (χ3v) is 1.57. The number of rotatable bonds is 0. The molecule has 0 atom stereocenters. The van der Waals surface area contributed by atoms with Crippen LogP contribution in [0.5, 0.6) is 0 Å². The Balaban J connectivity index is 2.79. The highest BCUT2D eigenvalue weighted by Crippen LogP contribution is 2.04. The Morgan fingerprint density at radius 2 is 1.91 bits per heavy atom. The lowest BCUT2D eigenvalue weighted by Crippen LogP contribution is -2.58. The van der Waals surface area contributed by atoms with Crippen molar-refractivity contribution in [3.8, 4) is 0 Å². The largest absolute Gasteiger partial charge is 0.365 e. The van der Waals surface area contributed by atoms with Crippen molar-refractivity contribution in [3.63, 3.8) is 0 Å². The number of hydroxylamine groups is 2. The molecule has 6 heteroatoms. The highest BCUT2D eigenvalue weighted by Gasteiger charge is 2.32. The minimum atomic E-state index is -0.733. The van der Waals surface area contributed by atoms with Gasteiger partial charge in [-0.1, -0.05) is 0 Å². The fourth-order valence-corrected chi connectivity index (χ4v) is 0.759. The number of carbonyl (C=O) groups excluding carboxylic acids is 2. The maximum Gasteiger partial charge on any atom is 0.365 e. The van der Waals surface area contributed by atoms with Crippen molar-refractivity contribution < 1.29 is 14.8 Å². The first-order valence-corrected chi connectivity index (χ1v) is 3.04. The van der Waals surface area contributed by atoms with Crippen LogP contribution in [0.2, 0.25) is 0 Å². The van der Waals surface area contributed by atoms with Crippen LogP contribution in [-0.4, -0.2) is 52.9 Å². The first-order chi connectivity index (χ1) is 5.04. The van der Waals surface area contributed by atoms with Gasteiger partial charge in [0.15, 0.2) is 0 Å². The molecule has 0 aliphatic carbocycles. The van der Waals surface area contributed by atoms with E-state index in [0.29, 0.717) is 0 Å². The van der Waals surface area contributed by atoms with Crippen molar-refractivity contribution in [2.75, 3.05) is 20.6 Å². The number of hydrogen-bond acceptors (Lipinski definition) is 4. The summed E-state index contributed by atoms with van der Waals surface area (Å²) in [5.41, 5.74) is 0. The summed E-state index contributed by atoms with van der Waals surface area (Å²) in [6, 6.07) is -0.733. The van der Waals surface area contributed by atoms with E-state index in [1.165, 1.54) is 12.1 Å². The van der Waals surface area contributed by atoms with Crippen LogP contribution in [0.1, 0.15) is 0 Å². The Labute approximate surface area is 63.5 Å². The van der Waals surface area contributed by atoms with Gasteiger partial charge in [-0.25, -0.2) is 9.80 Å². The first-order valence-electron chi connectivity index (χ1n) is 3.04. The molecule has 1 N–H and O–H groups in total. The van der Waals surface area contributed by atoms with Gasteiger partial charge < -0.3 is 0 Å². The van der Waals surface area contributed by atoms with E-state index in [9.17, 15) is 9.59 Å². The van der Waals surface area contributed by atoms with Gasteiger partial charge in [-0.15, -0.1) is 5.06 Å². The molecular weight excluding hydrogens is 150 g/mol. The average Bonchev–Trinajstić information content (AvgIpc) is 1.97. The fraction of sp³-hybridized carbons (Fsp3) is 0.600. The molecular formula is C5H9N3O3. The smallest absolute Gasteiger partial charge is 0.277 e. The maximum absolute atomic E-state index is 10.9. The lowest BCUT2D eigenvalue weighted by atomic mass is 10.5. The molecule has 1 rings (SSSR count). The number of nitrogens with zero attached hydrogens (tertiary/aromatic N) is 3. The number of urea groups is 1. The number of hydrogen-bond donors (Lipinski definition) is 1. The standard InChI is InChI=1S/C5H9N3O3/c1-6-3-4(9)8(11)5(10)7(6)2/h11H,3H2,1-2H3. The van der Waals surface area contributed by atoms with Gasteiger partial charge in [0, 0.05) is 14.1 Å². The van der Waals surface area contributed by atoms with Crippen LogP contribution in [0.3, 0.4) is 0 Å². The molecule has 1 saturated heterocycles. The van der Waals surface area contributed by atoms with Crippen LogP contribution in [-0.2, 0) is 4.79 Å². The Morgan fingerprint density at radius 1 is 1.36 bits per heavy atom. The van der Waals surface area contributed by atoms with Gasteiger partial charge in [-0.3, -0.25) is 15.0 Å². The van der Waals surface area contributed by atoms with E-state index in [0.717, 1.165) is 5.01 Å². The van der Waals surface area contributed by atoms with E-state index in [-0.39, 0.29) is 11.6 Å². The van der Waals surface area contributed by atoms with Crippen molar-refractivity contribution >= 4 is 11.9 Å². The summed E-state index contributed by atoms with van der Waals surface area (Å²) >= 11 is 0. The van der Waals surface area contributed by atoms with Gasteiger partial charge in [0.1, 0.15) is 0 Å². The molecule has 0 saturated carbocycles. The fourth-order valence-electron chi connectivity index (χ4n) is 0.759. The van der Waals surface area contributed by atoms with Gasteiger partial charge in [-0.2, -0.15) is 0 Å². The van der Waals surface area contributed by atoms with E-state index < -0.39 is 11.9 Å². The Morgan fingerprint density at radius 3 is 2.45 bits per heavy atom. The molecule has 0 aromatic rings. The van der Waals surface area contributed by atoms with Crippen LogP contribution in [0.25, 0.3) is 0 Å². The third kappa shape index (κ3) is 1.17. The lowest BCUT2D eigenvalue weighted by Gasteiger charge is -2.34. The molecule has 62 valence electrons. The molecule has 0 aromatic carbocycles. The molecule has 6 nitrogen and oxygen atoms in total. The van der Waals surface area contributed by atoms with Gasteiger partial charge in [-0.05, 0) is 0 Å². The van der Waals surface area contributed by atoms with E-state index >= 15 is 0 Å². The molecule has 0 bridgehead atoms. The number of hydrazine groups is 1. The predicted molar refractivity (Wildman–Crippen MR) is 34.4 cm³/mol. The Hall–Kier alpha value is -1.14. The molecule has 0 unspecified atom stereocenters. The minimum Gasteiger partial charge on any atom is -0.277 e. The summed E-state index contributed by atoms with van der Waals surface area (Å²) in [4.78, 5) is 21.6. The number of carbonyl (C=O) groups is 2. The van der Waals surface area contributed by atoms with Crippen LogP contribution >= 0.6 is 0 Å². The normalized spacial score (nSPS) is 21.4. The van der Waals surface area contributed by atoms with Gasteiger partial charge in [0.2, 0.25) is 0 Å². The van der Waals surface area contributed by atoms with Crippen LogP contribution in [0.4, 0.5) is 4.79 Å². The quantitative estimate of drug-likeness (QED) is 0.466. The zero-order chi connectivity index (χ0) is 8.59. The molecule has 1 aliphatic rings. The molecule has 1 aliphatic heterocycles. The SMILES string of the molecule is CN1CC(=O)N(O)C(=O)N1C. The van der Waals surface area contributed by atoms with Crippen LogP contribution in [0.15, 0.2) is 0 Å². The van der Waals surface area contributed by atoms with Crippen molar-refractivity contribution in [1.82, 2.24) is 15.1 Å². The van der Waals surface area contributed by atoms with E-state index in [1.807, 2.05) is 0 Å². The van der Waals surface area contributed by atoms with Crippen molar-refractivity contribution in [2.24, 2.45) is 0 Å². The van der Waals surface area contributed by atoms with Crippen molar-refractivity contribution in [1.29, 1.82) is 0 Å². The van der Waals surface area contributed by atoms with Gasteiger partial charge >= 0.3 is 6.03 Å². The minimum absolute atomic E-state index is 0.0126. The lowest BCUT2D eigenvalue weighted by molar-refractivity contribution is -0.170. The average molecular weight is 159 g/mol. The summed E-state index contributed by atoms with van der Waals surface area (Å²) in [6.45, 7) is 0.0126. The summed E-state index contributed by atoms with van der Waals surface area (Å²) < 4.78 is 0. The topological polar surface area (TPSA) is 64.1 Å². The second-order valence-corrected chi connectivity index (χ2v) is 2.33. The monoisotopic (exact) mass is 159 g/mol. The van der Waals surface area contributed by atoms with E-state index in [4.69, 9.17) is 5.21 Å². The van der Waals surface area contributed by atoms with E-state index in [2.05, 4.69) is 0 Å². The van der Waals surface area contributed by atoms with Crippen molar-refractivity contribution in [2.45, 2.75) is 0 Å². The maximum atomic E-state index is 10.9. The molecule has 11 heavy (non-hydrogen) atoms.